The van der Waals surface area contributed by atoms with Crippen LogP contribution in [0.15, 0.2) is 17.0 Å². The van der Waals surface area contributed by atoms with Gasteiger partial charge in [0.15, 0.2) is 0 Å². The molecule has 78 valence electrons. The number of aromatic nitrogens is 1. The summed E-state index contributed by atoms with van der Waals surface area (Å²) in [5.74, 6) is 0. The van der Waals surface area contributed by atoms with Crippen LogP contribution in [0.5, 0.6) is 0 Å². The molecule has 0 saturated carbocycles. The molecule has 0 amide bonds. The molecule has 0 aromatic carbocycles. The van der Waals surface area contributed by atoms with E-state index < -0.39 is 0 Å². The molecule has 1 saturated heterocycles. The highest BCUT2D eigenvalue weighted by atomic mass is 16.5. The average Bonchev–Trinajstić information content (AvgIpc) is 2.72. The van der Waals surface area contributed by atoms with Gasteiger partial charge in [-0.05, 0) is 33.0 Å². The van der Waals surface area contributed by atoms with Gasteiger partial charge in [-0.2, -0.15) is 0 Å². The SMILES string of the molecule is CN(Cc1cnoc1)C1CCNCC1. The molecule has 1 aliphatic heterocycles. The van der Waals surface area contributed by atoms with Gasteiger partial charge < -0.3 is 9.84 Å². The van der Waals surface area contributed by atoms with Gasteiger partial charge in [0, 0.05) is 18.2 Å². The molecule has 1 aliphatic rings. The van der Waals surface area contributed by atoms with E-state index in [0.29, 0.717) is 6.04 Å². The molecule has 0 aliphatic carbocycles. The maximum atomic E-state index is 4.81. The minimum atomic E-state index is 0.700. The Morgan fingerprint density at radius 3 is 3.00 bits per heavy atom. The number of hydrogen-bond acceptors (Lipinski definition) is 4. The number of piperidine rings is 1. The van der Waals surface area contributed by atoms with Crippen LogP contribution in [0.3, 0.4) is 0 Å². The first-order valence-corrected chi connectivity index (χ1v) is 5.15. The third-order valence-corrected chi connectivity index (χ3v) is 2.85. The van der Waals surface area contributed by atoms with Gasteiger partial charge in [0.1, 0.15) is 6.26 Å². The van der Waals surface area contributed by atoms with Gasteiger partial charge in [-0.3, -0.25) is 4.90 Å². The Labute approximate surface area is 84.3 Å². The molecule has 0 bridgehead atoms. The third kappa shape index (κ3) is 2.33. The van der Waals surface area contributed by atoms with Crippen molar-refractivity contribution in [2.24, 2.45) is 0 Å². The second-order valence-corrected chi connectivity index (χ2v) is 3.93. The van der Waals surface area contributed by atoms with E-state index >= 15 is 0 Å². The van der Waals surface area contributed by atoms with E-state index in [-0.39, 0.29) is 0 Å². The maximum Gasteiger partial charge on any atom is 0.128 e. The van der Waals surface area contributed by atoms with Crippen molar-refractivity contribution in [3.63, 3.8) is 0 Å². The van der Waals surface area contributed by atoms with E-state index in [1.165, 1.54) is 12.8 Å². The normalized spacial score (nSPS) is 19.0. The van der Waals surface area contributed by atoms with Gasteiger partial charge in [-0.15, -0.1) is 0 Å². The zero-order valence-corrected chi connectivity index (χ0v) is 8.57. The van der Waals surface area contributed by atoms with E-state index in [4.69, 9.17) is 4.52 Å². The first-order valence-electron chi connectivity index (χ1n) is 5.15. The van der Waals surface area contributed by atoms with Crippen LogP contribution in [-0.2, 0) is 6.54 Å². The number of hydrogen-bond donors (Lipinski definition) is 1. The Hall–Kier alpha value is -0.870. The Morgan fingerprint density at radius 1 is 1.57 bits per heavy atom. The molecule has 4 nitrogen and oxygen atoms in total. The molecule has 14 heavy (non-hydrogen) atoms. The van der Waals surface area contributed by atoms with Gasteiger partial charge >= 0.3 is 0 Å². The quantitative estimate of drug-likeness (QED) is 0.776. The van der Waals surface area contributed by atoms with E-state index in [2.05, 4.69) is 22.4 Å². The van der Waals surface area contributed by atoms with Crippen molar-refractivity contribution in [3.8, 4) is 0 Å². The summed E-state index contributed by atoms with van der Waals surface area (Å²) in [7, 11) is 2.17. The Morgan fingerprint density at radius 2 is 2.36 bits per heavy atom. The van der Waals surface area contributed by atoms with Crippen molar-refractivity contribution >= 4 is 0 Å². The molecule has 0 unspecified atom stereocenters. The molecule has 0 atom stereocenters. The van der Waals surface area contributed by atoms with Crippen LogP contribution >= 0.6 is 0 Å². The lowest BCUT2D eigenvalue weighted by molar-refractivity contribution is 0.191. The van der Waals surface area contributed by atoms with Crippen molar-refractivity contribution in [2.75, 3.05) is 20.1 Å². The lowest BCUT2D eigenvalue weighted by Gasteiger charge is -2.31. The summed E-state index contributed by atoms with van der Waals surface area (Å²) in [5.41, 5.74) is 1.16. The fourth-order valence-corrected chi connectivity index (χ4v) is 1.97. The Kier molecular flexibility index (Phi) is 3.16. The second kappa shape index (κ2) is 4.57. The number of rotatable bonds is 3. The molecular weight excluding hydrogens is 178 g/mol. The standard InChI is InChI=1S/C10H17N3O/c1-13(7-9-6-12-14-8-9)10-2-4-11-5-3-10/h6,8,10-11H,2-5,7H2,1H3. The Bertz CT molecular complexity index is 254. The van der Waals surface area contributed by atoms with Crippen LogP contribution in [0.1, 0.15) is 18.4 Å². The molecular formula is C10H17N3O. The van der Waals surface area contributed by atoms with Crippen molar-refractivity contribution in [1.29, 1.82) is 0 Å². The molecule has 0 spiro atoms. The van der Waals surface area contributed by atoms with Crippen LogP contribution in [0.2, 0.25) is 0 Å². The molecule has 1 aromatic heterocycles. The van der Waals surface area contributed by atoms with Crippen LogP contribution in [0.4, 0.5) is 0 Å². The highest BCUT2D eigenvalue weighted by Gasteiger charge is 2.17. The number of nitrogens with zero attached hydrogens (tertiary/aromatic N) is 2. The van der Waals surface area contributed by atoms with Crippen molar-refractivity contribution < 1.29 is 4.52 Å². The molecule has 1 aromatic rings. The molecule has 4 heteroatoms. The van der Waals surface area contributed by atoms with Gasteiger partial charge in [-0.1, -0.05) is 5.16 Å². The second-order valence-electron chi connectivity index (χ2n) is 3.93. The summed E-state index contributed by atoms with van der Waals surface area (Å²) < 4.78 is 4.81. The summed E-state index contributed by atoms with van der Waals surface area (Å²) in [6, 6.07) is 0.700. The Balaban J connectivity index is 1.85. The zero-order chi connectivity index (χ0) is 9.80. The first kappa shape index (κ1) is 9.68. The minimum absolute atomic E-state index is 0.700. The topological polar surface area (TPSA) is 41.3 Å². The lowest BCUT2D eigenvalue weighted by Crippen LogP contribution is -2.40. The largest absolute Gasteiger partial charge is 0.364 e. The van der Waals surface area contributed by atoms with Gasteiger partial charge in [0.25, 0.3) is 0 Å². The third-order valence-electron chi connectivity index (χ3n) is 2.85. The van der Waals surface area contributed by atoms with Gasteiger partial charge in [0.05, 0.1) is 6.20 Å². The summed E-state index contributed by atoms with van der Waals surface area (Å²) in [6.07, 6.45) is 5.98. The zero-order valence-electron chi connectivity index (χ0n) is 8.57. The predicted molar refractivity (Wildman–Crippen MR) is 53.9 cm³/mol. The molecule has 2 rings (SSSR count). The van der Waals surface area contributed by atoms with Crippen molar-refractivity contribution in [3.05, 3.63) is 18.0 Å². The van der Waals surface area contributed by atoms with Crippen molar-refractivity contribution in [1.82, 2.24) is 15.4 Å². The molecule has 1 N–H and O–H groups in total. The molecule has 0 radical (unpaired) electrons. The fraction of sp³-hybridized carbons (Fsp3) is 0.700. The van der Waals surface area contributed by atoms with Crippen molar-refractivity contribution in [2.45, 2.75) is 25.4 Å². The van der Waals surface area contributed by atoms with E-state index in [9.17, 15) is 0 Å². The predicted octanol–water partition coefficient (Wildman–Crippen LogP) is 0.858. The summed E-state index contributed by atoms with van der Waals surface area (Å²) in [6.45, 7) is 3.21. The smallest absolute Gasteiger partial charge is 0.128 e. The van der Waals surface area contributed by atoms with Gasteiger partial charge in [-0.25, -0.2) is 0 Å². The summed E-state index contributed by atoms with van der Waals surface area (Å²) in [4.78, 5) is 2.38. The van der Waals surface area contributed by atoms with E-state index in [1.54, 1.807) is 12.5 Å². The van der Waals surface area contributed by atoms with Gasteiger partial charge in [0.2, 0.25) is 0 Å². The number of nitrogens with one attached hydrogen (secondary N) is 1. The first-order chi connectivity index (χ1) is 6.86. The van der Waals surface area contributed by atoms with E-state index in [1.807, 2.05) is 0 Å². The maximum absolute atomic E-state index is 4.81. The monoisotopic (exact) mass is 195 g/mol. The molecule has 2 heterocycles. The summed E-state index contributed by atoms with van der Waals surface area (Å²) in [5, 5.41) is 7.08. The fourth-order valence-electron chi connectivity index (χ4n) is 1.97. The van der Waals surface area contributed by atoms with E-state index in [0.717, 1.165) is 25.2 Å². The van der Waals surface area contributed by atoms with Crippen LogP contribution in [0, 0.1) is 0 Å². The lowest BCUT2D eigenvalue weighted by atomic mass is 10.1. The van der Waals surface area contributed by atoms with Crippen LogP contribution < -0.4 is 5.32 Å². The van der Waals surface area contributed by atoms with Crippen LogP contribution in [0.25, 0.3) is 0 Å². The van der Waals surface area contributed by atoms with Crippen LogP contribution in [-0.4, -0.2) is 36.2 Å². The molecule has 1 fully saturated rings. The highest BCUT2D eigenvalue weighted by Crippen LogP contribution is 2.12. The highest BCUT2D eigenvalue weighted by molar-refractivity contribution is 5.00. The summed E-state index contributed by atoms with van der Waals surface area (Å²) >= 11 is 0. The minimum Gasteiger partial charge on any atom is -0.364 e. The average molecular weight is 195 g/mol.